The normalized spacial score (nSPS) is 10.7. The van der Waals surface area contributed by atoms with Crippen molar-refractivity contribution in [1.29, 1.82) is 0 Å². The van der Waals surface area contributed by atoms with Gasteiger partial charge in [-0.3, -0.25) is 4.79 Å². The van der Waals surface area contributed by atoms with E-state index in [0.29, 0.717) is 18.8 Å². The van der Waals surface area contributed by atoms with Gasteiger partial charge in [-0.25, -0.2) is 4.79 Å². The average Bonchev–Trinajstić information content (AvgIpc) is 2.48. The molecule has 0 spiro atoms. The van der Waals surface area contributed by atoms with Crippen molar-refractivity contribution < 1.29 is 14.7 Å². The summed E-state index contributed by atoms with van der Waals surface area (Å²) in [6, 6.07) is 6.67. The van der Waals surface area contributed by atoms with E-state index in [2.05, 4.69) is 19.2 Å². The minimum absolute atomic E-state index is 0.0520. The zero-order chi connectivity index (χ0) is 16.4. The topological polar surface area (TPSA) is 66.4 Å². The number of aromatic carboxylic acids is 1. The fourth-order valence-electron chi connectivity index (χ4n) is 1.88. The Kier molecular flexibility index (Phi) is 8.67. The number of aryl methyl sites for hydroxylation is 1. The van der Waals surface area contributed by atoms with Gasteiger partial charge in [-0.2, -0.15) is 11.8 Å². The first-order chi connectivity index (χ1) is 10.5. The number of hydrogen-bond acceptors (Lipinski definition) is 3. The van der Waals surface area contributed by atoms with Gasteiger partial charge in [0, 0.05) is 13.0 Å². The lowest BCUT2D eigenvalue weighted by molar-refractivity contribution is -0.121. The second-order valence-electron chi connectivity index (χ2n) is 5.67. The highest BCUT2D eigenvalue weighted by Crippen LogP contribution is 2.08. The minimum atomic E-state index is -0.931. The van der Waals surface area contributed by atoms with Crippen molar-refractivity contribution >= 4 is 23.6 Å². The van der Waals surface area contributed by atoms with Crippen LogP contribution < -0.4 is 5.32 Å². The van der Waals surface area contributed by atoms with Crippen molar-refractivity contribution in [2.45, 2.75) is 33.1 Å². The Morgan fingerprint density at radius 3 is 2.50 bits per heavy atom. The fraction of sp³-hybridized carbons (Fsp3) is 0.529. The summed E-state index contributed by atoms with van der Waals surface area (Å²) in [6.07, 6.45) is 2.07. The van der Waals surface area contributed by atoms with Crippen LogP contribution in [0.25, 0.3) is 0 Å². The fourth-order valence-corrected chi connectivity index (χ4v) is 2.87. The summed E-state index contributed by atoms with van der Waals surface area (Å²) >= 11 is 1.93. The second-order valence-corrected chi connectivity index (χ2v) is 6.82. The van der Waals surface area contributed by atoms with E-state index in [9.17, 15) is 9.59 Å². The number of thioether (sulfide) groups is 1. The molecule has 2 N–H and O–H groups in total. The van der Waals surface area contributed by atoms with Crippen molar-refractivity contribution in [3.8, 4) is 0 Å². The Labute approximate surface area is 136 Å². The minimum Gasteiger partial charge on any atom is -0.478 e. The van der Waals surface area contributed by atoms with Crippen LogP contribution in [-0.2, 0) is 11.2 Å². The third-order valence-corrected chi connectivity index (χ3v) is 4.56. The molecular formula is C17H25NO3S. The molecule has 0 atom stereocenters. The van der Waals surface area contributed by atoms with E-state index in [1.165, 1.54) is 5.75 Å². The summed E-state index contributed by atoms with van der Waals surface area (Å²) in [6.45, 7) is 5.14. The predicted octanol–water partition coefficient (Wildman–Crippen LogP) is 3.21. The number of nitrogens with one attached hydrogen (secondary N) is 1. The van der Waals surface area contributed by atoms with E-state index in [0.717, 1.165) is 24.3 Å². The molecule has 1 rings (SSSR count). The van der Waals surface area contributed by atoms with Gasteiger partial charge in [-0.05, 0) is 48.0 Å². The smallest absolute Gasteiger partial charge is 0.335 e. The van der Waals surface area contributed by atoms with E-state index >= 15 is 0 Å². The van der Waals surface area contributed by atoms with Gasteiger partial charge in [0.2, 0.25) is 5.91 Å². The number of rotatable bonds is 10. The molecule has 1 aromatic carbocycles. The molecule has 0 aromatic heterocycles. The summed E-state index contributed by atoms with van der Waals surface area (Å²) < 4.78 is 0. The summed E-state index contributed by atoms with van der Waals surface area (Å²) in [5.41, 5.74) is 1.25. The number of carbonyl (C=O) groups is 2. The summed E-state index contributed by atoms with van der Waals surface area (Å²) in [7, 11) is 0. The molecule has 5 heteroatoms. The first-order valence-corrected chi connectivity index (χ1v) is 8.81. The average molecular weight is 323 g/mol. The number of carboxylic acids is 1. The summed E-state index contributed by atoms with van der Waals surface area (Å²) in [5, 5.41) is 11.7. The Morgan fingerprint density at radius 1 is 1.23 bits per heavy atom. The highest BCUT2D eigenvalue weighted by atomic mass is 32.2. The van der Waals surface area contributed by atoms with Gasteiger partial charge in [-0.1, -0.05) is 26.0 Å². The first-order valence-electron chi connectivity index (χ1n) is 7.65. The molecule has 0 saturated heterocycles. The van der Waals surface area contributed by atoms with Gasteiger partial charge in [0.25, 0.3) is 0 Å². The van der Waals surface area contributed by atoms with Gasteiger partial charge in [-0.15, -0.1) is 0 Å². The van der Waals surface area contributed by atoms with E-state index < -0.39 is 5.97 Å². The van der Waals surface area contributed by atoms with Gasteiger partial charge < -0.3 is 10.4 Å². The molecule has 0 fully saturated rings. The van der Waals surface area contributed by atoms with Crippen LogP contribution in [0.2, 0.25) is 0 Å². The molecule has 122 valence electrons. The maximum absolute atomic E-state index is 11.7. The third-order valence-electron chi connectivity index (χ3n) is 3.08. The molecule has 0 aliphatic rings. The van der Waals surface area contributed by atoms with E-state index in [1.807, 2.05) is 11.8 Å². The summed E-state index contributed by atoms with van der Waals surface area (Å²) in [4.78, 5) is 22.5. The van der Waals surface area contributed by atoms with Crippen LogP contribution in [0.3, 0.4) is 0 Å². The predicted molar refractivity (Wildman–Crippen MR) is 91.5 cm³/mol. The van der Waals surface area contributed by atoms with Crippen LogP contribution in [0.1, 0.15) is 42.6 Å². The molecule has 22 heavy (non-hydrogen) atoms. The number of benzene rings is 1. The van der Waals surface area contributed by atoms with Crippen molar-refractivity contribution in [3.05, 3.63) is 35.4 Å². The van der Waals surface area contributed by atoms with Crippen LogP contribution in [0.5, 0.6) is 0 Å². The van der Waals surface area contributed by atoms with Crippen molar-refractivity contribution in [2.75, 3.05) is 18.1 Å². The number of amides is 1. The molecule has 0 unspecified atom stereocenters. The largest absolute Gasteiger partial charge is 0.478 e. The Morgan fingerprint density at radius 2 is 1.91 bits per heavy atom. The molecule has 0 radical (unpaired) electrons. The van der Waals surface area contributed by atoms with Gasteiger partial charge in [0.1, 0.15) is 0 Å². The lowest BCUT2D eigenvalue weighted by Crippen LogP contribution is -2.25. The van der Waals surface area contributed by atoms with E-state index in [1.54, 1.807) is 24.3 Å². The first kappa shape index (κ1) is 18.6. The summed E-state index contributed by atoms with van der Waals surface area (Å²) in [5.74, 6) is 2.08. The van der Waals surface area contributed by atoms with Crippen LogP contribution in [0, 0.1) is 5.92 Å². The lowest BCUT2D eigenvalue weighted by Gasteiger charge is -2.07. The maximum atomic E-state index is 11.7. The van der Waals surface area contributed by atoms with Crippen molar-refractivity contribution in [3.63, 3.8) is 0 Å². The molecule has 1 amide bonds. The zero-order valence-electron chi connectivity index (χ0n) is 13.3. The molecule has 1 aromatic rings. The van der Waals surface area contributed by atoms with Crippen LogP contribution in [0.4, 0.5) is 0 Å². The highest BCUT2D eigenvalue weighted by molar-refractivity contribution is 7.99. The molecular weight excluding hydrogens is 298 g/mol. The molecule has 0 saturated carbocycles. The van der Waals surface area contributed by atoms with Gasteiger partial charge in [0.05, 0.1) is 5.56 Å². The Balaban J connectivity index is 2.14. The molecule has 4 nitrogen and oxygen atoms in total. The molecule has 0 bridgehead atoms. The second kappa shape index (κ2) is 10.3. The van der Waals surface area contributed by atoms with Crippen molar-refractivity contribution in [2.24, 2.45) is 5.92 Å². The van der Waals surface area contributed by atoms with Crippen LogP contribution in [0.15, 0.2) is 24.3 Å². The zero-order valence-corrected chi connectivity index (χ0v) is 14.1. The van der Waals surface area contributed by atoms with Crippen molar-refractivity contribution in [1.82, 2.24) is 5.32 Å². The number of hydrogen-bond donors (Lipinski definition) is 2. The lowest BCUT2D eigenvalue weighted by atomic mass is 10.1. The molecule has 0 heterocycles. The quantitative estimate of drug-likeness (QED) is 0.649. The van der Waals surface area contributed by atoms with E-state index in [-0.39, 0.29) is 11.5 Å². The SMILES string of the molecule is CC(C)CSCCCNC(=O)CCc1ccc(C(=O)O)cc1. The third kappa shape index (κ3) is 8.08. The van der Waals surface area contributed by atoms with Crippen LogP contribution in [-0.4, -0.2) is 35.0 Å². The standard InChI is InChI=1S/C17H25NO3S/c1-13(2)12-22-11-3-10-18-16(19)9-6-14-4-7-15(8-5-14)17(20)21/h4-5,7-8,13H,3,6,9-12H2,1-2H3,(H,18,19)(H,20,21). The molecule has 0 aliphatic heterocycles. The monoisotopic (exact) mass is 323 g/mol. The highest BCUT2D eigenvalue weighted by Gasteiger charge is 2.04. The Bertz CT molecular complexity index is 471. The van der Waals surface area contributed by atoms with Crippen LogP contribution >= 0.6 is 11.8 Å². The number of carbonyl (C=O) groups excluding carboxylic acids is 1. The maximum Gasteiger partial charge on any atom is 0.335 e. The molecule has 0 aliphatic carbocycles. The number of carboxylic acid groups (broad SMARTS) is 1. The van der Waals surface area contributed by atoms with E-state index in [4.69, 9.17) is 5.11 Å². The Hall–Kier alpha value is -1.49. The van der Waals surface area contributed by atoms with Gasteiger partial charge >= 0.3 is 5.97 Å². The van der Waals surface area contributed by atoms with Gasteiger partial charge in [0.15, 0.2) is 0 Å².